The molecule has 0 aliphatic carbocycles. The summed E-state index contributed by atoms with van der Waals surface area (Å²) in [5.74, 6) is 0. The first-order valence-corrected chi connectivity index (χ1v) is 4.78. The Balaban J connectivity index is 3.28. The Morgan fingerprint density at radius 2 is 2.00 bits per heavy atom. The minimum Gasteiger partial charge on any atom is -0.130 e. The van der Waals surface area contributed by atoms with Crippen molar-refractivity contribution in [3.05, 3.63) is 29.5 Å². The maximum atomic E-state index is 3.09. The summed E-state index contributed by atoms with van der Waals surface area (Å²) in [7, 11) is 0. The number of allylic oxidation sites excluding steroid dienone is 3. The van der Waals surface area contributed by atoms with Crippen LogP contribution in [0.15, 0.2) is 29.5 Å². The summed E-state index contributed by atoms with van der Waals surface area (Å²) in [6.07, 6.45) is 11.3. The molecule has 0 rings (SSSR count). The summed E-state index contributed by atoms with van der Waals surface area (Å²) in [4.78, 5) is 0. The van der Waals surface area contributed by atoms with Gasteiger partial charge in [0.2, 0.25) is 0 Å². The molecule has 0 amide bonds. The fourth-order valence-corrected chi connectivity index (χ4v) is 0.996. The van der Waals surface area contributed by atoms with E-state index in [1.54, 1.807) is 0 Å². The number of rotatable bonds is 5. The first-order valence-electron chi connectivity index (χ1n) is 4.78. The van der Waals surface area contributed by atoms with Gasteiger partial charge in [0.15, 0.2) is 0 Å². The molecule has 0 saturated carbocycles. The summed E-state index contributed by atoms with van der Waals surface area (Å²) in [5, 5.41) is 0. The molecular weight excluding hydrogens is 144 g/mol. The Bertz CT molecular complexity index is 178. The highest BCUT2D eigenvalue weighted by Crippen LogP contribution is 2.07. The van der Waals surface area contributed by atoms with Crippen LogP contribution in [0.25, 0.3) is 0 Å². The Kier molecular flexibility index (Phi) is 7.84. The van der Waals surface area contributed by atoms with Gasteiger partial charge in [0.25, 0.3) is 0 Å². The predicted octanol–water partition coefficient (Wildman–Crippen LogP) is 4.24. The molecule has 68 valence electrons. The third kappa shape index (κ3) is 7.37. The minimum absolute atomic E-state index is 1.17. The molecule has 0 aliphatic rings. The first kappa shape index (κ1) is 11.3. The number of unbranched alkanes of at least 4 members (excludes halogenated alkanes) is 2. The van der Waals surface area contributed by atoms with Crippen molar-refractivity contribution in [3.8, 4) is 0 Å². The van der Waals surface area contributed by atoms with Crippen LogP contribution in [0.4, 0.5) is 0 Å². The van der Waals surface area contributed by atoms with Gasteiger partial charge in [-0.2, -0.15) is 0 Å². The van der Waals surface area contributed by atoms with Crippen molar-refractivity contribution in [2.24, 2.45) is 0 Å². The summed E-state index contributed by atoms with van der Waals surface area (Å²) in [5.41, 5.74) is 4.59. The average Bonchev–Trinajstić information content (AvgIpc) is 2.10. The number of hydrogen-bond acceptors (Lipinski definition) is 0. The Labute approximate surface area is 76.7 Å². The Morgan fingerprint density at radius 1 is 1.25 bits per heavy atom. The second-order valence-electron chi connectivity index (χ2n) is 3.04. The van der Waals surface area contributed by atoms with Crippen molar-refractivity contribution >= 4 is 0 Å². The van der Waals surface area contributed by atoms with Crippen LogP contribution in [0.1, 0.15) is 46.5 Å². The van der Waals surface area contributed by atoms with Crippen molar-refractivity contribution in [1.29, 1.82) is 0 Å². The molecule has 0 saturated heterocycles. The van der Waals surface area contributed by atoms with Gasteiger partial charge in [0.1, 0.15) is 0 Å². The predicted molar refractivity (Wildman–Crippen MR) is 56.2 cm³/mol. The van der Waals surface area contributed by atoms with E-state index in [0.29, 0.717) is 0 Å². The van der Waals surface area contributed by atoms with Gasteiger partial charge in [-0.25, -0.2) is 0 Å². The minimum atomic E-state index is 1.17. The molecule has 0 aromatic carbocycles. The van der Waals surface area contributed by atoms with E-state index in [4.69, 9.17) is 0 Å². The average molecular weight is 164 g/mol. The van der Waals surface area contributed by atoms with E-state index in [9.17, 15) is 0 Å². The van der Waals surface area contributed by atoms with Crippen molar-refractivity contribution < 1.29 is 0 Å². The lowest BCUT2D eigenvalue weighted by Gasteiger charge is -1.97. The Hall–Kier alpha value is -0.740. The molecule has 0 fully saturated rings. The van der Waals surface area contributed by atoms with Gasteiger partial charge in [-0.15, -0.1) is 5.73 Å². The third-order valence-electron chi connectivity index (χ3n) is 1.95. The van der Waals surface area contributed by atoms with Crippen LogP contribution in [0.5, 0.6) is 0 Å². The van der Waals surface area contributed by atoms with E-state index < -0.39 is 0 Å². The maximum Gasteiger partial charge on any atom is -0.0274 e. The fourth-order valence-electron chi connectivity index (χ4n) is 0.996. The van der Waals surface area contributed by atoms with Crippen LogP contribution in [0.3, 0.4) is 0 Å². The first-order chi connectivity index (χ1) is 5.81. The monoisotopic (exact) mass is 164 g/mol. The van der Waals surface area contributed by atoms with Gasteiger partial charge in [-0.3, -0.25) is 0 Å². The van der Waals surface area contributed by atoms with E-state index in [2.05, 4.69) is 31.7 Å². The van der Waals surface area contributed by atoms with Crippen LogP contribution in [-0.2, 0) is 0 Å². The topological polar surface area (TPSA) is 0 Å². The molecule has 0 aromatic heterocycles. The lowest BCUT2D eigenvalue weighted by Crippen LogP contribution is -1.77. The van der Waals surface area contributed by atoms with Crippen LogP contribution in [0, 0.1) is 0 Å². The second kappa shape index (κ2) is 8.36. The van der Waals surface area contributed by atoms with E-state index >= 15 is 0 Å². The molecular formula is C12H20. The van der Waals surface area contributed by atoms with Crippen LogP contribution >= 0.6 is 0 Å². The van der Waals surface area contributed by atoms with Crippen molar-refractivity contribution in [2.75, 3.05) is 0 Å². The molecule has 0 nitrogen and oxygen atoms in total. The lowest BCUT2D eigenvalue weighted by molar-refractivity contribution is 0.742. The zero-order chi connectivity index (χ0) is 9.23. The van der Waals surface area contributed by atoms with Crippen molar-refractivity contribution in [2.45, 2.75) is 46.5 Å². The zero-order valence-electron chi connectivity index (χ0n) is 8.56. The van der Waals surface area contributed by atoms with E-state index in [-0.39, 0.29) is 0 Å². The molecule has 0 N–H and O–H groups in total. The highest BCUT2D eigenvalue weighted by Gasteiger charge is 1.87. The highest BCUT2D eigenvalue weighted by molar-refractivity contribution is 4.95. The van der Waals surface area contributed by atoms with Gasteiger partial charge in [0.05, 0.1) is 0 Å². The van der Waals surface area contributed by atoms with E-state index in [1.165, 1.54) is 31.3 Å². The fraction of sp³-hybridized carbons (Fsp3) is 0.583. The van der Waals surface area contributed by atoms with Crippen LogP contribution in [0.2, 0.25) is 0 Å². The molecule has 0 radical (unpaired) electrons. The van der Waals surface area contributed by atoms with Crippen molar-refractivity contribution in [3.63, 3.8) is 0 Å². The molecule has 0 aromatic rings. The summed E-state index contributed by atoms with van der Waals surface area (Å²) >= 11 is 0. The quantitative estimate of drug-likeness (QED) is 0.324. The van der Waals surface area contributed by atoms with E-state index in [0.717, 1.165) is 0 Å². The SMILES string of the molecule is CC=C=CCCCCC(C)=CC. The summed E-state index contributed by atoms with van der Waals surface area (Å²) < 4.78 is 0. The van der Waals surface area contributed by atoms with Gasteiger partial charge in [-0.05, 0) is 58.6 Å². The molecule has 0 bridgehead atoms. The Morgan fingerprint density at radius 3 is 2.58 bits per heavy atom. The largest absolute Gasteiger partial charge is 0.130 e. The van der Waals surface area contributed by atoms with Gasteiger partial charge in [-0.1, -0.05) is 11.6 Å². The van der Waals surface area contributed by atoms with Crippen LogP contribution < -0.4 is 0 Å². The van der Waals surface area contributed by atoms with Gasteiger partial charge in [0, 0.05) is 0 Å². The molecule has 0 spiro atoms. The maximum absolute atomic E-state index is 3.09. The molecule has 0 heterocycles. The standard InChI is InChI=1S/C12H20/c1-4-6-7-8-9-10-11-12(3)5-2/h4-5,7H,8-11H2,1-3H3. The highest BCUT2D eigenvalue weighted by atomic mass is 13.9. The lowest BCUT2D eigenvalue weighted by atomic mass is 10.1. The summed E-state index contributed by atoms with van der Waals surface area (Å²) in [6, 6.07) is 0. The number of hydrogen-bond donors (Lipinski definition) is 0. The smallest absolute Gasteiger partial charge is 0.0274 e. The third-order valence-corrected chi connectivity index (χ3v) is 1.95. The molecule has 0 heteroatoms. The molecule has 0 aliphatic heterocycles. The summed E-state index contributed by atoms with van der Waals surface area (Å²) in [6.45, 7) is 6.30. The van der Waals surface area contributed by atoms with E-state index in [1.807, 2.05) is 13.0 Å². The van der Waals surface area contributed by atoms with Crippen molar-refractivity contribution in [1.82, 2.24) is 0 Å². The normalized spacial score (nSPS) is 10.8. The van der Waals surface area contributed by atoms with Gasteiger partial charge < -0.3 is 0 Å². The zero-order valence-corrected chi connectivity index (χ0v) is 8.56. The molecule has 12 heavy (non-hydrogen) atoms. The van der Waals surface area contributed by atoms with Gasteiger partial charge >= 0.3 is 0 Å². The van der Waals surface area contributed by atoms with Crippen LogP contribution in [-0.4, -0.2) is 0 Å². The molecule has 0 unspecified atom stereocenters. The second-order valence-corrected chi connectivity index (χ2v) is 3.04. The molecule has 0 atom stereocenters.